The topological polar surface area (TPSA) is 26.3 Å². The first-order chi connectivity index (χ1) is 10.8. The SMILES string of the molecule is C=CC(=O)OCCCCCCCCCCC/C=C/CCCC. The van der Waals surface area contributed by atoms with Gasteiger partial charge in [0, 0.05) is 6.08 Å². The Bertz CT molecular complexity index is 281. The number of hydrogen-bond acceptors (Lipinski definition) is 2. The van der Waals surface area contributed by atoms with Crippen molar-refractivity contribution in [3.05, 3.63) is 24.8 Å². The van der Waals surface area contributed by atoms with E-state index in [0.29, 0.717) is 6.61 Å². The third-order valence-electron chi connectivity index (χ3n) is 3.82. The van der Waals surface area contributed by atoms with Gasteiger partial charge in [-0.05, 0) is 25.7 Å². The van der Waals surface area contributed by atoms with E-state index < -0.39 is 0 Å². The Morgan fingerprint density at radius 3 is 1.86 bits per heavy atom. The molecule has 2 nitrogen and oxygen atoms in total. The van der Waals surface area contributed by atoms with Crippen LogP contribution in [0, 0.1) is 0 Å². The van der Waals surface area contributed by atoms with E-state index in [2.05, 4.69) is 25.7 Å². The van der Waals surface area contributed by atoms with E-state index in [0.717, 1.165) is 12.8 Å². The van der Waals surface area contributed by atoms with Crippen molar-refractivity contribution in [1.29, 1.82) is 0 Å². The van der Waals surface area contributed by atoms with Crippen molar-refractivity contribution in [2.75, 3.05) is 6.61 Å². The molecule has 22 heavy (non-hydrogen) atoms. The molecule has 0 amide bonds. The Morgan fingerprint density at radius 1 is 0.818 bits per heavy atom. The van der Waals surface area contributed by atoms with Crippen LogP contribution in [0.2, 0.25) is 0 Å². The molecule has 0 rings (SSSR count). The molecule has 0 aliphatic rings. The molecule has 0 aromatic carbocycles. The number of allylic oxidation sites excluding steroid dienone is 2. The van der Waals surface area contributed by atoms with Crippen LogP contribution in [0.15, 0.2) is 24.8 Å². The van der Waals surface area contributed by atoms with Gasteiger partial charge in [-0.2, -0.15) is 0 Å². The smallest absolute Gasteiger partial charge is 0.330 e. The third-order valence-corrected chi connectivity index (χ3v) is 3.82. The summed E-state index contributed by atoms with van der Waals surface area (Å²) in [5.74, 6) is -0.305. The highest BCUT2D eigenvalue weighted by Gasteiger charge is 1.95. The molecule has 2 heteroatoms. The maximum Gasteiger partial charge on any atom is 0.330 e. The molecule has 128 valence electrons. The van der Waals surface area contributed by atoms with Gasteiger partial charge >= 0.3 is 5.97 Å². The van der Waals surface area contributed by atoms with Crippen molar-refractivity contribution >= 4 is 5.97 Å². The number of hydrogen-bond donors (Lipinski definition) is 0. The molecule has 0 heterocycles. The Labute approximate surface area is 138 Å². The highest BCUT2D eigenvalue weighted by Crippen LogP contribution is 2.11. The lowest BCUT2D eigenvalue weighted by Gasteiger charge is -2.03. The zero-order valence-corrected chi connectivity index (χ0v) is 14.7. The van der Waals surface area contributed by atoms with Crippen LogP contribution in [0.1, 0.15) is 90.4 Å². The summed E-state index contributed by atoms with van der Waals surface area (Å²) >= 11 is 0. The number of unbranched alkanes of at least 4 members (excludes halogenated alkanes) is 11. The van der Waals surface area contributed by atoms with Crippen molar-refractivity contribution in [3.63, 3.8) is 0 Å². The molecule has 0 atom stereocenters. The van der Waals surface area contributed by atoms with E-state index in [1.807, 2.05) is 0 Å². The molecule has 0 saturated carbocycles. The fourth-order valence-corrected chi connectivity index (χ4v) is 2.39. The summed E-state index contributed by atoms with van der Waals surface area (Å²) in [7, 11) is 0. The van der Waals surface area contributed by atoms with Crippen LogP contribution < -0.4 is 0 Å². The highest BCUT2D eigenvalue weighted by molar-refractivity contribution is 5.81. The van der Waals surface area contributed by atoms with E-state index in [-0.39, 0.29) is 5.97 Å². The van der Waals surface area contributed by atoms with Crippen LogP contribution in [0.5, 0.6) is 0 Å². The van der Waals surface area contributed by atoms with E-state index in [1.165, 1.54) is 76.7 Å². The van der Waals surface area contributed by atoms with Gasteiger partial charge in [-0.3, -0.25) is 0 Å². The van der Waals surface area contributed by atoms with Gasteiger partial charge in [0.25, 0.3) is 0 Å². The first kappa shape index (κ1) is 20.9. The Balaban J connectivity index is 3.07. The summed E-state index contributed by atoms with van der Waals surface area (Å²) in [4.78, 5) is 10.8. The maximum absolute atomic E-state index is 10.8. The molecule has 0 aliphatic heterocycles. The lowest BCUT2D eigenvalue weighted by Crippen LogP contribution is -2.01. The van der Waals surface area contributed by atoms with Crippen molar-refractivity contribution in [2.24, 2.45) is 0 Å². The second-order valence-electron chi connectivity index (χ2n) is 5.96. The second-order valence-corrected chi connectivity index (χ2v) is 5.96. The fraction of sp³-hybridized carbons (Fsp3) is 0.750. The molecule has 0 aromatic rings. The summed E-state index contributed by atoms with van der Waals surface area (Å²) in [6.07, 6.45) is 22.6. The first-order valence-electron chi connectivity index (χ1n) is 9.25. The first-order valence-corrected chi connectivity index (χ1v) is 9.25. The van der Waals surface area contributed by atoms with Crippen LogP contribution in [0.3, 0.4) is 0 Å². The maximum atomic E-state index is 10.8. The fourth-order valence-electron chi connectivity index (χ4n) is 2.39. The summed E-state index contributed by atoms with van der Waals surface area (Å²) < 4.78 is 4.94. The number of ether oxygens (including phenoxy) is 1. The van der Waals surface area contributed by atoms with Gasteiger partial charge in [0.15, 0.2) is 0 Å². The monoisotopic (exact) mass is 308 g/mol. The van der Waals surface area contributed by atoms with Crippen LogP contribution in [-0.2, 0) is 9.53 Å². The van der Waals surface area contributed by atoms with E-state index in [4.69, 9.17) is 4.74 Å². The average Bonchev–Trinajstić information content (AvgIpc) is 2.54. The second kappa shape index (κ2) is 18.0. The van der Waals surface area contributed by atoms with Gasteiger partial charge in [-0.1, -0.05) is 83.4 Å². The molecule has 0 spiro atoms. The van der Waals surface area contributed by atoms with Crippen molar-refractivity contribution < 1.29 is 9.53 Å². The molecule has 0 saturated heterocycles. The average molecular weight is 309 g/mol. The molecule has 0 unspecified atom stereocenters. The Hall–Kier alpha value is -1.05. The summed E-state index contributed by atoms with van der Waals surface area (Å²) in [5.41, 5.74) is 0. The lowest BCUT2D eigenvalue weighted by atomic mass is 10.1. The van der Waals surface area contributed by atoms with Crippen LogP contribution in [-0.4, -0.2) is 12.6 Å². The van der Waals surface area contributed by atoms with E-state index in [9.17, 15) is 4.79 Å². The Morgan fingerprint density at radius 2 is 1.32 bits per heavy atom. The number of carbonyl (C=O) groups is 1. The zero-order chi connectivity index (χ0) is 16.3. The lowest BCUT2D eigenvalue weighted by molar-refractivity contribution is -0.137. The molecular weight excluding hydrogens is 272 g/mol. The largest absolute Gasteiger partial charge is 0.463 e. The van der Waals surface area contributed by atoms with Gasteiger partial charge in [-0.25, -0.2) is 4.79 Å². The standard InChI is InChI=1S/C20H36O2/c1-3-5-6-7-8-9-10-11-12-13-14-15-16-17-18-19-22-20(21)4-2/h4,7-8H,2-3,5-6,9-19H2,1H3/b8-7+. The molecular formula is C20H36O2. The van der Waals surface area contributed by atoms with E-state index >= 15 is 0 Å². The van der Waals surface area contributed by atoms with Gasteiger partial charge in [0.1, 0.15) is 0 Å². The normalized spacial score (nSPS) is 11.0. The molecule has 0 N–H and O–H groups in total. The summed E-state index contributed by atoms with van der Waals surface area (Å²) in [6.45, 7) is 6.15. The van der Waals surface area contributed by atoms with Crippen LogP contribution >= 0.6 is 0 Å². The minimum atomic E-state index is -0.305. The predicted octanol–water partition coefficient (Wildman–Crippen LogP) is 6.36. The number of esters is 1. The molecule has 0 aromatic heterocycles. The minimum Gasteiger partial charge on any atom is -0.463 e. The zero-order valence-electron chi connectivity index (χ0n) is 14.7. The van der Waals surface area contributed by atoms with Gasteiger partial charge in [0.2, 0.25) is 0 Å². The predicted molar refractivity (Wildman–Crippen MR) is 96.0 cm³/mol. The van der Waals surface area contributed by atoms with Gasteiger partial charge in [0.05, 0.1) is 6.61 Å². The van der Waals surface area contributed by atoms with Gasteiger partial charge in [-0.15, -0.1) is 0 Å². The molecule has 0 radical (unpaired) electrons. The van der Waals surface area contributed by atoms with Crippen LogP contribution in [0.25, 0.3) is 0 Å². The summed E-state index contributed by atoms with van der Waals surface area (Å²) in [5, 5.41) is 0. The number of rotatable bonds is 16. The minimum absolute atomic E-state index is 0.305. The van der Waals surface area contributed by atoms with Crippen molar-refractivity contribution in [3.8, 4) is 0 Å². The van der Waals surface area contributed by atoms with Crippen molar-refractivity contribution in [1.82, 2.24) is 0 Å². The Kier molecular flexibility index (Phi) is 17.1. The van der Waals surface area contributed by atoms with Gasteiger partial charge < -0.3 is 4.74 Å². The quantitative estimate of drug-likeness (QED) is 0.143. The summed E-state index contributed by atoms with van der Waals surface area (Å²) in [6, 6.07) is 0. The number of carbonyl (C=O) groups excluding carboxylic acids is 1. The molecule has 0 aliphatic carbocycles. The highest BCUT2D eigenvalue weighted by atomic mass is 16.5. The van der Waals surface area contributed by atoms with Crippen LogP contribution in [0.4, 0.5) is 0 Å². The molecule has 0 fully saturated rings. The van der Waals surface area contributed by atoms with Crippen molar-refractivity contribution in [2.45, 2.75) is 90.4 Å². The van der Waals surface area contributed by atoms with E-state index in [1.54, 1.807) is 0 Å². The third kappa shape index (κ3) is 17.0. The molecule has 0 bridgehead atoms.